The van der Waals surface area contributed by atoms with Crippen LogP contribution in [0.25, 0.3) is 0 Å². The predicted molar refractivity (Wildman–Crippen MR) is 267 cm³/mol. The van der Waals surface area contributed by atoms with Crippen LogP contribution in [0.2, 0.25) is 0 Å². The van der Waals surface area contributed by atoms with E-state index in [0.717, 1.165) is 106 Å². The molecular formula is C52H103NO5S2. The minimum absolute atomic E-state index is 0.0382. The molecule has 2 rings (SSSR count). The number of thioether (sulfide) groups is 2. The van der Waals surface area contributed by atoms with Crippen LogP contribution in [0.5, 0.6) is 0 Å². The Labute approximate surface area is 383 Å². The maximum atomic E-state index is 12.8. The van der Waals surface area contributed by atoms with Gasteiger partial charge >= 0.3 is 11.9 Å². The van der Waals surface area contributed by atoms with Gasteiger partial charge in [0.2, 0.25) is 0 Å². The molecule has 2 aliphatic rings. The van der Waals surface area contributed by atoms with Crippen LogP contribution in [0.3, 0.4) is 0 Å². The van der Waals surface area contributed by atoms with Gasteiger partial charge in [0.05, 0.1) is 0 Å². The first kappa shape index (κ1) is 59.6. The summed E-state index contributed by atoms with van der Waals surface area (Å²) >= 11 is 3.97. The van der Waals surface area contributed by atoms with Gasteiger partial charge in [-0.3, -0.25) is 9.59 Å². The van der Waals surface area contributed by atoms with Gasteiger partial charge in [0.25, 0.3) is 0 Å². The number of aliphatic hydroxyl groups excluding tert-OH is 1. The van der Waals surface area contributed by atoms with Crippen molar-refractivity contribution in [2.24, 2.45) is 11.8 Å². The average molecular weight is 887 g/mol. The molecule has 0 amide bonds. The smallest absolute Gasteiger partial charge is 0.306 e. The summed E-state index contributed by atoms with van der Waals surface area (Å²) in [5.41, 5.74) is 0. The lowest BCUT2D eigenvalue weighted by molar-refractivity contribution is -0.149. The number of nitrogens with zero attached hydrogens (tertiary/aromatic N) is 1. The third-order valence-electron chi connectivity index (χ3n) is 12.3. The molecule has 2 unspecified atom stereocenters. The van der Waals surface area contributed by atoms with Crippen LogP contribution >= 0.6 is 23.5 Å². The van der Waals surface area contributed by atoms with Gasteiger partial charge in [-0.1, -0.05) is 157 Å². The molecule has 0 aliphatic heterocycles. The summed E-state index contributed by atoms with van der Waals surface area (Å²) in [6.45, 7) is 16.2. The number of ether oxygens (including phenoxy) is 2. The van der Waals surface area contributed by atoms with Crippen molar-refractivity contribution in [2.75, 3.05) is 49.3 Å². The quantitative estimate of drug-likeness (QED) is 0.0485. The van der Waals surface area contributed by atoms with E-state index >= 15 is 0 Å². The van der Waals surface area contributed by atoms with Crippen molar-refractivity contribution in [3.05, 3.63) is 0 Å². The van der Waals surface area contributed by atoms with Crippen molar-refractivity contribution in [3.8, 4) is 0 Å². The lowest BCUT2D eigenvalue weighted by Gasteiger charge is -2.23. The lowest BCUT2D eigenvalue weighted by Crippen LogP contribution is -2.27. The van der Waals surface area contributed by atoms with Gasteiger partial charge in [0.15, 0.2) is 0 Å². The Morgan fingerprint density at radius 1 is 0.533 bits per heavy atom. The van der Waals surface area contributed by atoms with E-state index in [1.165, 1.54) is 141 Å². The standard InChI is InChI=1S/C48H91NO5S2.2C2H6/c1-3-5-7-17-29-45(53-47(51)33-31-43-25-13-9-14-26-43)41-55-39-23-11-19-35-49(37-21-22-38-50)36-20-12-24-40-56-42-46(30-18-8-6-4-2)54-48(52)34-32-44-27-15-10-16-28-44;2*1-2/h43-46,50H,3-42H2,1-2H3;2*1-2H3. The molecule has 0 aromatic rings. The largest absolute Gasteiger partial charge is 0.461 e. The summed E-state index contributed by atoms with van der Waals surface area (Å²) in [5.74, 6) is 5.72. The SMILES string of the molecule is CC.CC.CCCCCCC(CSCCCCCN(CCCCO)CCCCCSCC(CCCCCC)OC(=O)CCC1CCCCC1)OC(=O)CCC1CCCCC1. The van der Waals surface area contributed by atoms with Crippen LogP contribution in [0.15, 0.2) is 0 Å². The van der Waals surface area contributed by atoms with Crippen LogP contribution in [0.1, 0.15) is 247 Å². The van der Waals surface area contributed by atoms with E-state index in [1.54, 1.807) is 0 Å². The van der Waals surface area contributed by atoms with E-state index in [0.29, 0.717) is 12.8 Å². The molecule has 0 bridgehead atoms. The van der Waals surface area contributed by atoms with Gasteiger partial charge < -0.3 is 19.5 Å². The Balaban J connectivity index is 0.00000843. The number of hydrogen-bond donors (Lipinski definition) is 1. The number of carbonyl (C=O) groups is 2. The molecular weight excluding hydrogens is 783 g/mol. The van der Waals surface area contributed by atoms with E-state index in [9.17, 15) is 14.7 Å². The van der Waals surface area contributed by atoms with Crippen molar-refractivity contribution in [3.63, 3.8) is 0 Å². The first-order valence-corrected chi connectivity index (χ1v) is 28.7. The molecule has 2 fully saturated rings. The highest BCUT2D eigenvalue weighted by Crippen LogP contribution is 2.29. The molecule has 0 heterocycles. The highest BCUT2D eigenvalue weighted by atomic mass is 32.2. The number of unbranched alkanes of at least 4 members (excludes halogenated alkanes) is 11. The van der Waals surface area contributed by atoms with Gasteiger partial charge in [0, 0.05) is 31.0 Å². The molecule has 0 radical (unpaired) electrons. The van der Waals surface area contributed by atoms with E-state index in [-0.39, 0.29) is 30.8 Å². The summed E-state index contributed by atoms with van der Waals surface area (Å²) in [7, 11) is 0. The van der Waals surface area contributed by atoms with E-state index in [1.807, 2.05) is 51.2 Å². The van der Waals surface area contributed by atoms with E-state index in [2.05, 4.69) is 18.7 Å². The topological polar surface area (TPSA) is 76.1 Å². The monoisotopic (exact) mass is 886 g/mol. The highest BCUT2D eigenvalue weighted by molar-refractivity contribution is 7.99. The fraction of sp³-hybridized carbons (Fsp3) is 0.962. The van der Waals surface area contributed by atoms with Crippen LogP contribution in [-0.4, -0.2) is 83.4 Å². The molecule has 2 atom stereocenters. The summed E-state index contributed by atoms with van der Waals surface area (Å²) < 4.78 is 12.1. The molecule has 358 valence electrons. The molecule has 2 saturated carbocycles. The zero-order valence-electron chi connectivity index (χ0n) is 40.9. The number of hydrogen-bond acceptors (Lipinski definition) is 8. The summed E-state index contributed by atoms with van der Waals surface area (Å²) in [5, 5.41) is 9.37. The normalized spacial score (nSPS) is 15.7. The minimum atomic E-state index is 0.0382. The fourth-order valence-corrected chi connectivity index (χ4v) is 10.8. The minimum Gasteiger partial charge on any atom is -0.461 e. The third kappa shape index (κ3) is 37.0. The van der Waals surface area contributed by atoms with Crippen LogP contribution < -0.4 is 0 Å². The summed E-state index contributed by atoms with van der Waals surface area (Å²) in [6.07, 6.45) is 37.8. The second-order valence-electron chi connectivity index (χ2n) is 17.6. The summed E-state index contributed by atoms with van der Waals surface area (Å²) in [6, 6.07) is 0. The number of esters is 2. The van der Waals surface area contributed by atoms with Crippen molar-refractivity contribution < 1.29 is 24.2 Å². The predicted octanol–water partition coefficient (Wildman–Crippen LogP) is 15.4. The van der Waals surface area contributed by atoms with Gasteiger partial charge in [-0.15, -0.1) is 0 Å². The zero-order chi connectivity index (χ0) is 44.2. The molecule has 0 spiro atoms. The second-order valence-corrected chi connectivity index (χ2v) is 19.9. The van der Waals surface area contributed by atoms with Crippen molar-refractivity contribution in [2.45, 2.75) is 259 Å². The molecule has 60 heavy (non-hydrogen) atoms. The van der Waals surface area contributed by atoms with Crippen LogP contribution in [-0.2, 0) is 19.1 Å². The third-order valence-corrected chi connectivity index (χ3v) is 14.7. The van der Waals surface area contributed by atoms with Gasteiger partial charge in [-0.05, 0) is 120 Å². The Morgan fingerprint density at radius 2 is 0.917 bits per heavy atom. The maximum absolute atomic E-state index is 12.8. The van der Waals surface area contributed by atoms with E-state index in [4.69, 9.17) is 9.47 Å². The summed E-state index contributed by atoms with van der Waals surface area (Å²) in [4.78, 5) is 28.1. The van der Waals surface area contributed by atoms with E-state index < -0.39 is 0 Å². The molecule has 0 saturated heterocycles. The van der Waals surface area contributed by atoms with Gasteiger partial charge in [-0.2, -0.15) is 23.5 Å². The number of rotatable bonds is 38. The first-order chi connectivity index (χ1) is 29.5. The molecule has 0 aromatic carbocycles. The Morgan fingerprint density at radius 3 is 1.30 bits per heavy atom. The lowest BCUT2D eigenvalue weighted by atomic mass is 9.86. The number of aliphatic hydroxyl groups is 1. The second kappa shape index (κ2) is 46.5. The molecule has 6 nitrogen and oxygen atoms in total. The maximum Gasteiger partial charge on any atom is 0.306 e. The molecule has 1 N–H and O–H groups in total. The fourth-order valence-electron chi connectivity index (χ4n) is 8.68. The van der Waals surface area contributed by atoms with Gasteiger partial charge in [0.1, 0.15) is 12.2 Å². The average Bonchev–Trinajstić information content (AvgIpc) is 3.28. The van der Waals surface area contributed by atoms with Crippen molar-refractivity contribution in [1.29, 1.82) is 0 Å². The Bertz CT molecular complexity index is 832. The van der Waals surface area contributed by atoms with Crippen LogP contribution in [0, 0.1) is 11.8 Å². The Kier molecular flexibility index (Phi) is 46.2. The number of carbonyl (C=O) groups excluding carboxylic acids is 2. The van der Waals surface area contributed by atoms with Crippen molar-refractivity contribution >= 4 is 35.5 Å². The first-order valence-electron chi connectivity index (χ1n) is 26.4. The molecule has 8 heteroatoms. The van der Waals surface area contributed by atoms with Crippen molar-refractivity contribution in [1.82, 2.24) is 4.90 Å². The molecule has 2 aliphatic carbocycles. The zero-order valence-corrected chi connectivity index (χ0v) is 42.6. The Hall–Kier alpha value is -0.440. The van der Waals surface area contributed by atoms with Gasteiger partial charge in [-0.25, -0.2) is 0 Å². The highest BCUT2D eigenvalue weighted by Gasteiger charge is 2.20. The molecule has 0 aromatic heterocycles. The van der Waals surface area contributed by atoms with Crippen LogP contribution in [0.4, 0.5) is 0 Å².